The number of hydrogen-bond donors (Lipinski definition) is 2. The predicted octanol–water partition coefficient (Wildman–Crippen LogP) is 3.47. The number of alkyl halides is 3. The summed E-state index contributed by atoms with van der Waals surface area (Å²) in [4.78, 5) is 0. The van der Waals surface area contributed by atoms with E-state index in [-0.39, 0.29) is 5.75 Å². The van der Waals surface area contributed by atoms with E-state index < -0.39 is 24.6 Å². The maximum absolute atomic E-state index is 13.9. The Morgan fingerprint density at radius 2 is 1.73 bits per heavy atom. The van der Waals surface area contributed by atoms with Crippen LogP contribution in [-0.2, 0) is 0 Å². The van der Waals surface area contributed by atoms with Gasteiger partial charge in [0.1, 0.15) is 5.75 Å². The molecule has 0 saturated carbocycles. The second-order valence-corrected chi connectivity index (χ2v) is 5.40. The number of halogens is 3. The van der Waals surface area contributed by atoms with E-state index in [1.807, 2.05) is 18.2 Å². The number of aliphatic hydroxyl groups is 1. The van der Waals surface area contributed by atoms with E-state index in [9.17, 15) is 18.3 Å². The summed E-state index contributed by atoms with van der Waals surface area (Å²) in [5, 5.41) is 12.6. The van der Waals surface area contributed by atoms with Gasteiger partial charge in [0, 0.05) is 11.4 Å². The van der Waals surface area contributed by atoms with Crippen molar-refractivity contribution < 1.29 is 23.0 Å². The Morgan fingerprint density at radius 1 is 1.09 bits per heavy atom. The van der Waals surface area contributed by atoms with Crippen LogP contribution in [0.1, 0.15) is 13.8 Å². The molecular weight excluding hydrogens is 295 g/mol. The van der Waals surface area contributed by atoms with Gasteiger partial charge in [-0.3, -0.25) is 5.32 Å². The molecule has 2 N–H and O–H groups in total. The van der Waals surface area contributed by atoms with Crippen molar-refractivity contribution in [3.63, 3.8) is 0 Å². The van der Waals surface area contributed by atoms with Crippen molar-refractivity contribution in [2.24, 2.45) is 0 Å². The molecule has 2 aromatic carbocycles. The van der Waals surface area contributed by atoms with Crippen LogP contribution in [0.5, 0.6) is 5.75 Å². The van der Waals surface area contributed by atoms with Gasteiger partial charge in [0.15, 0.2) is 6.61 Å². The van der Waals surface area contributed by atoms with Crippen molar-refractivity contribution >= 4 is 10.8 Å². The van der Waals surface area contributed by atoms with Crippen molar-refractivity contribution in [1.82, 2.24) is 5.32 Å². The fraction of sp³-hybridized carbons (Fsp3) is 0.375. The quantitative estimate of drug-likeness (QED) is 0.803. The van der Waals surface area contributed by atoms with Crippen molar-refractivity contribution in [2.45, 2.75) is 31.8 Å². The van der Waals surface area contributed by atoms with Crippen LogP contribution >= 0.6 is 0 Å². The Balaban J connectivity index is 2.17. The normalized spacial score (nSPS) is 15.0. The molecule has 2 aromatic rings. The van der Waals surface area contributed by atoms with Gasteiger partial charge in [-0.2, -0.15) is 13.2 Å². The highest BCUT2D eigenvalue weighted by Gasteiger charge is 2.55. The number of fused-ring (bicyclic) bond motifs is 1. The van der Waals surface area contributed by atoms with Crippen molar-refractivity contribution in [3.05, 3.63) is 42.5 Å². The molecule has 22 heavy (non-hydrogen) atoms. The first-order valence-electron chi connectivity index (χ1n) is 6.90. The molecule has 0 aromatic heterocycles. The standard InChI is InChI=1S/C16H18F3NO2/c1-11(2)20-16(18,19)15(17,21)10-22-14-9-5-7-12-6-3-4-8-13(12)14/h3-9,11,20-21H,10H2,1-2H3. The van der Waals surface area contributed by atoms with Crippen LogP contribution in [0.4, 0.5) is 13.2 Å². The molecule has 0 aliphatic carbocycles. The van der Waals surface area contributed by atoms with E-state index in [2.05, 4.69) is 0 Å². The van der Waals surface area contributed by atoms with Crippen molar-refractivity contribution in [1.29, 1.82) is 0 Å². The molecule has 1 unspecified atom stereocenters. The van der Waals surface area contributed by atoms with Crippen LogP contribution in [0.25, 0.3) is 10.8 Å². The Kier molecular flexibility index (Phi) is 4.63. The molecule has 3 nitrogen and oxygen atoms in total. The molecule has 2 rings (SSSR count). The molecule has 0 bridgehead atoms. The number of rotatable bonds is 6. The van der Waals surface area contributed by atoms with Crippen LogP contribution in [0.15, 0.2) is 42.5 Å². The first-order chi connectivity index (χ1) is 10.2. The SMILES string of the molecule is CC(C)NC(F)(F)C(O)(F)COc1cccc2ccccc12. The van der Waals surface area contributed by atoms with Gasteiger partial charge in [0.05, 0.1) is 0 Å². The monoisotopic (exact) mass is 313 g/mol. The van der Waals surface area contributed by atoms with E-state index in [1.165, 1.54) is 19.9 Å². The summed E-state index contributed by atoms with van der Waals surface area (Å²) < 4.78 is 46.3. The molecule has 0 saturated heterocycles. The molecule has 120 valence electrons. The zero-order valence-electron chi connectivity index (χ0n) is 12.3. The maximum atomic E-state index is 13.9. The van der Waals surface area contributed by atoms with Gasteiger partial charge in [-0.15, -0.1) is 0 Å². The summed E-state index contributed by atoms with van der Waals surface area (Å²) in [6.07, 6.45) is 0. The summed E-state index contributed by atoms with van der Waals surface area (Å²) in [6.45, 7) is 1.67. The highest BCUT2D eigenvalue weighted by Crippen LogP contribution is 2.31. The molecule has 0 radical (unpaired) electrons. The molecule has 0 heterocycles. The minimum atomic E-state index is -4.12. The van der Waals surface area contributed by atoms with E-state index in [4.69, 9.17) is 4.74 Å². The van der Waals surface area contributed by atoms with E-state index in [0.717, 1.165) is 5.39 Å². The molecule has 0 aliphatic rings. The third-order valence-corrected chi connectivity index (χ3v) is 3.12. The number of ether oxygens (including phenoxy) is 1. The first-order valence-corrected chi connectivity index (χ1v) is 6.90. The van der Waals surface area contributed by atoms with Crippen LogP contribution in [-0.4, -0.2) is 29.7 Å². The minimum Gasteiger partial charge on any atom is -0.487 e. The molecular formula is C16H18F3NO2. The lowest BCUT2D eigenvalue weighted by Gasteiger charge is -2.30. The van der Waals surface area contributed by atoms with Gasteiger partial charge in [0.25, 0.3) is 0 Å². The number of benzene rings is 2. The van der Waals surface area contributed by atoms with Gasteiger partial charge in [0.2, 0.25) is 0 Å². The lowest BCUT2D eigenvalue weighted by Crippen LogP contribution is -2.59. The highest BCUT2D eigenvalue weighted by atomic mass is 19.3. The van der Waals surface area contributed by atoms with E-state index in [0.29, 0.717) is 5.39 Å². The maximum Gasteiger partial charge on any atom is 0.364 e. The molecule has 0 aliphatic heterocycles. The van der Waals surface area contributed by atoms with Gasteiger partial charge < -0.3 is 9.84 Å². The molecule has 0 spiro atoms. The average Bonchev–Trinajstić information content (AvgIpc) is 2.43. The predicted molar refractivity (Wildman–Crippen MR) is 78.7 cm³/mol. The van der Waals surface area contributed by atoms with Crippen molar-refractivity contribution in [3.8, 4) is 5.75 Å². The van der Waals surface area contributed by atoms with Crippen LogP contribution in [0, 0.1) is 0 Å². The van der Waals surface area contributed by atoms with Gasteiger partial charge in [-0.1, -0.05) is 36.4 Å². The Hall–Kier alpha value is -1.79. The largest absolute Gasteiger partial charge is 0.487 e. The van der Waals surface area contributed by atoms with Gasteiger partial charge in [-0.05, 0) is 25.3 Å². The number of nitrogens with one attached hydrogen (secondary N) is 1. The van der Waals surface area contributed by atoms with Gasteiger partial charge >= 0.3 is 11.9 Å². The average molecular weight is 313 g/mol. The summed E-state index contributed by atoms with van der Waals surface area (Å²) in [5.74, 6) is -3.59. The molecule has 6 heteroatoms. The second-order valence-electron chi connectivity index (χ2n) is 5.40. The summed E-state index contributed by atoms with van der Waals surface area (Å²) in [5.41, 5.74) is 0. The zero-order valence-corrected chi connectivity index (χ0v) is 12.3. The second kappa shape index (κ2) is 6.14. The molecule has 1 atom stereocenters. The third-order valence-electron chi connectivity index (χ3n) is 3.12. The lowest BCUT2D eigenvalue weighted by molar-refractivity contribution is -0.279. The van der Waals surface area contributed by atoms with Crippen LogP contribution in [0.2, 0.25) is 0 Å². The van der Waals surface area contributed by atoms with Crippen LogP contribution in [0.3, 0.4) is 0 Å². The van der Waals surface area contributed by atoms with E-state index >= 15 is 0 Å². The molecule has 0 amide bonds. The number of hydrogen-bond acceptors (Lipinski definition) is 3. The smallest absolute Gasteiger partial charge is 0.364 e. The fourth-order valence-electron chi connectivity index (χ4n) is 2.06. The minimum absolute atomic E-state index is 0.231. The Bertz CT molecular complexity index is 639. The lowest BCUT2D eigenvalue weighted by atomic mass is 10.1. The van der Waals surface area contributed by atoms with Gasteiger partial charge in [-0.25, -0.2) is 0 Å². The summed E-state index contributed by atoms with van der Waals surface area (Å²) in [6, 6.07) is 7.32. The van der Waals surface area contributed by atoms with Crippen molar-refractivity contribution in [2.75, 3.05) is 6.61 Å². The fourth-order valence-corrected chi connectivity index (χ4v) is 2.06. The summed E-state index contributed by atoms with van der Waals surface area (Å²) in [7, 11) is 0. The van der Waals surface area contributed by atoms with E-state index in [1.54, 1.807) is 23.5 Å². The highest BCUT2D eigenvalue weighted by molar-refractivity contribution is 5.88. The summed E-state index contributed by atoms with van der Waals surface area (Å²) >= 11 is 0. The topological polar surface area (TPSA) is 41.5 Å². The Morgan fingerprint density at radius 3 is 2.41 bits per heavy atom. The van der Waals surface area contributed by atoms with Crippen LogP contribution < -0.4 is 10.1 Å². The Labute approximate surface area is 126 Å². The third kappa shape index (κ3) is 3.51. The zero-order chi connectivity index (χ0) is 16.4. The first kappa shape index (κ1) is 16.6. The molecule has 0 fully saturated rings.